The zero-order valence-electron chi connectivity index (χ0n) is 21.5. The highest BCUT2D eigenvalue weighted by Crippen LogP contribution is 2.18. The standard InChI is InChI=1S/C26H30N4O6S2/c1-5-35-23-7-11-25(12-8-23)37(31,32)29-27-17-21-15-20(4)22(16-19(21)3)18-28-30-38(33,34)26-13-9-24(10-14-26)36-6-2/h7-18,29-30H,5-6H2,1-4H3. The molecule has 0 amide bonds. The molecule has 3 rings (SSSR count). The van der Waals surface area contributed by atoms with E-state index in [0.717, 1.165) is 11.1 Å². The summed E-state index contributed by atoms with van der Waals surface area (Å²) in [5.74, 6) is 1.15. The van der Waals surface area contributed by atoms with Crippen molar-refractivity contribution in [2.75, 3.05) is 13.2 Å². The predicted molar refractivity (Wildman–Crippen MR) is 147 cm³/mol. The number of hydrogen-bond acceptors (Lipinski definition) is 8. The van der Waals surface area contributed by atoms with E-state index in [-0.39, 0.29) is 9.79 Å². The maximum absolute atomic E-state index is 12.5. The fourth-order valence-electron chi connectivity index (χ4n) is 3.34. The van der Waals surface area contributed by atoms with Gasteiger partial charge in [0, 0.05) is 0 Å². The molecule has 3 aromatic rings. The van der Waals surface area contributed by atoms with E-state index in [1.807, 2.05) is 27.7 Å². The average Bonchev–Trinajstić information content (AvgIpc) is 2.87. The first kappa shape index (κ1) is 28.7. The highest BCUT2D eigenvalue weighted by molar-refractivity contribution is 7.89. The van der Waals surface area contributed by atoms with Crippen molar-refractivity contribution in [1.29, 1.82) is 0 Å². The molecule has 0 heterocycles. The van der Waals surface area contributed by atoms with E-state index in [9.17, 15) is 16.8 Å². The molecule has 0 aliphatic carbocycles. The van der Waals surface area contributed by atoms with Crippen LogP contribution in [0.2, 0.25) is 0 Å². The third kappa shape index (κ3) is 7.56. The Balaban J connectivity index is 1.66. The van der Waals surface area contributed by atoms with Gasteiger partial charge in [0.2, 0.25) is 0 Å². The van der Waals surface area contributed by atoms with Crippen molar-refractivity contribution >= 4 is 32.5 Å². The molecule has 12 heteroatoms. The first-order valence-electron chi connectivity index (χ1n) is 11.7. The minimum Gasteiger partial charge on any atom is -0.494 e. The molecule has 2 N–H and O–H groups in total. The summed E-state index contributed by atoms with van der Waals surface area (Å²) in [5.41, 5.74) is 2.94. The van der Waals surface area contributed by atoms with Gasteiger partial charge in [-0.25, -0.2) is 9.66 Å². The third-order valence-corrected chi connectivity index (χ3v) is 7.77. The Labute approximate surface area is 223 Å². The summed E-state index contributed by atoms with van der Waals surface area (Å²) in [5, 5.41) is 7.79. The average molecular weight is 559 g/mol. The van der Waals surface area contributed by atoms with Crippen molar-refractivity contribution in [1.82, 2.24) is 9.66 Å². The largest absolute Gasteiger partial charge is 0.494 e. The van der Waals surface area contributed by atoms with Crippen LogP contribution in [-0.2, 0) is 20.0 Å². The van der Waals surface area contributed by atoms with E-state index in [4.69, 9.17) is 9.47 Å². The molecular formula is C26H30N4O6S2. The van der Waals surface area contributed by atoms with Gasteiger partial charge < -0.3 is 9.47 Å². The quantitative estimate of drug-likeness (QED) is 0.257. The summed E-state index contributed by atoms with van der Waals surface area (Å²) in [4.78, 5) is 4.53. The molecule has 0 spiro atoms. The molecule has 0 atom stereocenters. The van der Waals surface area contributed by atoms with E-state index in [1.165, 1.54) is 36.7 Å². The first-order chi connectivity index (χ1) is 18.1. The van der Waals surface area contributed by atoms with Crippen LogP contribution in [0.25, 0.3) is 0 Å². The first-order valence-corrected chi connectivity index (χ1v) is 14.7. The van der Waals surface area contributed by atoms with E-state index in [0.29, 0.717) is 35.8 Å². The number of benzene rings is 3. The maximum atomic E-state index is 12.5. The van der Waals surface area contributed by atoms with Crippen LogP contribution in [0.3, 0.4) is 0 Å². The van der Waals surface area contributed by atoms with Crippen molar-refractivity contribution in [3.05, 3.63) is 82.9 Å². The van der Waals surface area contributed by atoms with Gasteiger partial charge >= 0.3 is 0 Å². The monoisotopic (exact) mass is 558 g/mol. The number of sulfonamides is 2. The minimum absolute atomic E-state index is 0.0604. The van der Waals surface area contributed by atoms with Crippen LogP contribution in [0.5, 0.6) is 11.5 Å². The Hall–Kier alpha value is -3.90. The van der Waals surface area contributed by atoms with Gasteiger partial charge in [0.1, 0.15) is 11.5 Å². The number of nitrogens with one attached hydrogen (secondary N) is 2. The summed E-state index contributed by atoms with van der Waals surface area (Å²) in [6.45, 7) is 8.30. The van der Waals surface area contributed by atoms with Gasteiger partial charge in [-0.2, -0.15) is 27.0 Å². The second-order valence-corrected chi connectivity index (χ2v) is 11.4. The molecule has 202 valence electrons. The van der Waals surface area contributed by atoms with Gasteiger partial charge in [0.05, 0.1) is 35.4 Å². The molecule has 0 saturated heterocycles. The molecule has 10 nitrogen and oxygen atoms in total. The van der Waals surface area contributed by atoms with E-state index in [2.05, 4.69) is 19.9 Å². The van der Waals surface area contributed by atoms with E-state index in [1.54, 1.807) is 36.4 Å². The molecule has 3 aromatic carbocycles. The highest BCUT2D eigenvalue weighted by atomic mass is 32.2. The molecule has 0 fully saturated rings. The van der Waals surface area contributed by atoms with E-state index < -0.39 is 20.0 Å². The van der Waals surface area contributed by atoms with Crippen LogP contribution in [0.15, 0.2) is 80.7 Å². The molecule has 0 saturated carbocycles. The SMILES string of the molecule is CCOc1ccc(S(=O)(=O)NN=Cc2cc(C)c(C=NNS(=O)(=O)c3ccc(OCC)cc3)cc2C)cc1. The lowest BCUT2D eigenvalue weighted by Crippen LogP contribution is -2.18. The highest BCUT2D eigenvalue weighted by Gasteiger charge is 2.14. The second-order valence-electron chi connectivity index (χ2n) is 8.08. The summed E-state index contributed by atoms with van der Waals surface area (Å²) < 4.78 is 60.7. The van der Waals surface area contributed by atoms with Crippen molar-refractivity contribution in [2.24, 2.45) is 10.2 Å². The molecule has 38 heavy (non-hydrogen) atoms. The topological polar surface area (TPSA) is 136 Å². The van der Waals surface area contributed by atoms with Crippen molar-refractivity contribution < 1.29 is 26.3 Å². The van der Waals surface area contributed by atoms with Gasteiger partial charge in [0.25, 0.3) is 20.0 Å². The third-order valence-electron chi connectivity index (χ3n) is 5.30. The van der Waals surface area contributed by atoms with Crippen LogP contribution >= 0.6 is 0 Å². The predicted octanol–water partition coefficient (Wildman–Crippen LogP) is 3.73. The molecule has 0 unspecified atom stereocenters. The van der Waals surface area contributed by atoms with Gasteiger partial charge in [-0.3, -0.25) is 0 Å². The van der Waals surface area contributed by atoms with Crippen molar-refractivity contribution in [2.45, 2.75) is 37.5 Å². The lowest BCUT2D eigenvalue weighted by molar-refractivity contribution is 0.340. The Bertz CT molecular complexity index is 1400. The number of hydrogen-bond donors (Lipinski definition) is 2. The zero-order chi connectivity index (χ0) is 27.8. The van der Waals surface area contributed by atoms with Gasteiger partial charge in [-0.05, 0) is 111 Å². The van der Waals surface area contributed by atoms with Gasteiger partial charge in [0.15, 0.2) is 0 Å². The molecule has 0 bridgehead atoms. The number of rotatable bonds is 12. The Morgan fingerprint density at radius 1 is 0.658 bits per heavy atom. The number of hydrazone groups is 2. The molecule has 0 aromatic heterocycles. The molecule has 0 radical (unpaired) electrons. The fraction of sp³-hybridized carbons (Fsp3) is 0.231. The number of aryl methyl sites for hydroxylation is 2. The van der Waals surface area contributed by atoms with Crippen LogP contribution in [0.1, 0.15) is 36.1 Å². The molecule has 0 aliphatic rings. The van der Waals surface area contributed by atoms with E-state index >= 15 is 0 Å². The summed E-state index contributed by atoms with van der Waals surface area (Å²) >= 11 is 0. The Kier molecular flexibility index (Phi) is 9.48. The van der Waals surface area contributed by atoms with Gasteiger partial charge in [-0.15, -0.1) is 0 Å². The minimum atomic E-state index is -3.84. The Morgan fingerprint density at radius 3 is 1.32 bits per heavy atom. The summed E-state index contributed by atoms with van der Waals surface area (Å²) in [6.07, 6.45) is 2.81. The molecular weight excluding hydrogens is 528 g/mol. The lowest BCUT2D eigenvalue weighted by atomic mass is 10.0. The lowest BCUT2D eigenvalue weighted by Gasteiger charge is -2.08. The smallest absolute Gasteiger partial charge is 0.276 e. The van der Waals surface area contributed by atoms with Crippen LogP contribution < -0.4 is 19.1 Å². The maximum Gasteiger partial charge on any atom is 0.276 e. The normalized spacial score (nSPS) is 12.1. The Morgan fingerprint density at radius 2 is 1.00 bits per heavy atom. The van der Waals surface area contributed by atoms with Gasteiger partial charge in [-0.1, -0.05) is 0 Å². The van der Waals surface area contributed by atoms with Crippen molar-refractivity contribution in [3.63, 3.8) is 0 Å². The zero-order valence-corrected chi connectivity index (χ0v) is 23.1. The fourth-order valence-corrected chi connectivity index (χ4v) is 4.92. The molecule has 0 aliphatic heterocycles. The summed E-state index contributed by atoms with van der Waals surface area (Å²) in [6, 6.07) is 15.7. The van der Waals surface area contributed by atoms with Crippen LogP contribution in [0, 0.1) is 13.8 Å². The van der Waals surface area contributed by atoms with Crippen LogP contribution in [0.4, 0.5) is 0 Å². The number of nitrogens with zero attached hydrogens (tertiary/aromatic N) is 2. The summed E-state index contributed by atoms with van der Waals surface area (Å²) in [7, 11) is -7.69. The number of ether oxygens (including phenoxy) is 2. The second kappa shape index (κ2) is 12.6. The van der Waals surface area contributed by atoms with Crippen LogP contribution in [-0.4, -0.2) is 42.5 Å². The van der Waals surface area contributed by atoms with Crippen molar-refractivity contribution in [3.8, 4) is 11.5 Å².